The van der Waals surface area contributed by atoms with Crippen LogP contribution in [-0.4, -0.2) is 32.9 Å². The second kappa shape index (κ2) is 12.0. The summed E-state index contributed by atoms with van der Waals surface area (Å²) in [7, 11) is -3.39. The molecule has 0 bridgehead atoms. The maximum absolute atomic E-state index is 11.9. The van der Waals surface area contributed by atoms with Crippen LogP contribution in [-0.2, 0) is 23.1 Å². The molecular weight excluding hydrogens is 564 g/mol. The molecule has 1 unspecified atom stereocenters. The second-order valence-corrected chi connectivity index (χ2v) is 12.4. The van der Waals surface area contributed by atoms with Gasteiger partial charge in [-0.25, -0.2) is 8.42 Å². The van der Waals surface area contributed by atoms with E-state index in [1.165, 1.54) is 6.20 Å². The van der Waals surface area contributed by atoms with Crippen LogP contribution in [0.4, 0.5) is 0 Å². The van der Waals surface area contributed by atoms with Gasteiger partial charge < -0.3 is 24.7 Å². The van der Waals surface area contributed by atoms with E-state index in [1.54, 1.807) is 24.4 Å². The number of hydrogen-bond donors (Lipinski definition) is 1. The van der Waals surface area contributed by atoms with Gasteiger partial charge in [-0.15, -0.1) is 0 Å². The Morgan fingerprint density at radius 2 is 1.73 bits per heavy atom. The SMILES string of the molecule is Cc1c(COc2cc(OCc3cncc(S(C)(=O)=O)c3)c(C(C)N)cc2Cl)cccc1-c1ccc2c(c1)OCCO2. The highest BCUT2D eigenvalue weighted by molar-refractivity contribution is 7.90. The standard InChI is InChI=1S/C31H31ClN2O6S/c1-19-23(5-4-6-25(19)22-7-8-28-31(12-22)38-10-9-37-28)18-40-30-14-29(26(20(2)33)13-27(30)32)39-17-21-11-24(16-34-15-21)41(3,35)36/h4-8,11-16,20H,9-10,17-18,33H2,1-3H3. The number of fused-ring (bicyclic) bond motifs is 1. The third kappa shape index (κ3) is 6.59. The van der Waals surface area contributed by atoms with E-state index in [1.807, 2.05) is 37.3 Å². The molecule has 0 amide bonds. The summed E-state index contributed by atoms with van der Waals surface area (Å²) in [5.74, 6) is 2.42. The van der Waals surface area contributed by atoms with Crippen LogP contribution < -0.4 is 24.7 Å². The average molecular weight is 595 g/mol. The lowest BCUT2D eigenvalue weighted by atomic mass is 9.96. The lowest BCUT2D eigenvalue weighted by Gasteiger charge is -2.20. The van der Waals surface area contributed by atoms with Crippen LogP contribution >= 0.6 is 11.6 Å². The topological polar surface area (TPSA) is 110 Å². The fourth-order valence-electron chi connectivity index (χ4n) is 4.57. The number of rotatable bonds is 9. The normalized spacial score (nSPS) is 13.5. The van der Waals surface area contributed by atoms with Crippen LogP contribution in [0.5, 0.6) is 23.0 Å². The summed E-state index contributed by atoms with van der Waals surface area (Å²) in [6.45, 7) is 5.33. The number of ether oxygens (including phenoxy) is 4. The van der Waals surface area contributed by atoms with Crippen molar-refractivity contribution in [2.45, 2.75) is 38.0 Å². The third-order valence-corrected chi connectivity index (χ3v) is 8.20. The molecule has 1 aromatic heterocycles. The number of aromatic nitrogens is 1. The zero-order chi connectivity index (χ0) is 29.1. The largest absolute Gasteiger partial charge is 0.488 e. The number of benzene rings is 3. The summed E-state index contributed by atoms with van der Waals surface area (Å²) in [5, 5.41) is 0.408. The van der Waals surface area contributed by atoms with E-state index in [9.17, 15) is 8.42 Å². The Bertz CT molecular complexity index is 1690. The smallest absolute Gasteiger partial charge is 0.177 e. The van der Waals surface area contributed by atoms with Gasteiger partial charge in [0.05, 0.1) is 9.92 Å². The molecule has 4 aromatic rings. The molecule has 0 radical (unpaired) electrons. The van der Waals surface area contributed by atoms with Gasteiger partial charge in [0.15, 0.2) is 21.3 Å². The number of sulfone groups is 1. The van der Waals surface area contributed by atoms with Gasteiger partial charge in [0, 0.05) is 41.9 Å². The van der Waals surface area contributed by atoms with E-state index in [-0.39, 0.29) is 24.2 Å². The average Bonchev–Trinajstić information content (AvgIpc) is 2.95. The molecule has 1 aliphatic heterocycles. The molecule has 2 heterocycles. The van der Waals surface area contributed by atoms with Crippen molar-refractivity contribution in [1.82, 2.24) is 4.98 Å². The molecule has 3 aromatic carbocycles. The quantitative estimate of drug-likeness (QED) is 0.249. The Labute approximate surface area is 244 Å². The lowest BCUT2D eigenvalue weighted by Crippen LogP contribution is -2.15. The van der Waals surface area contributed by atoms with E-state index >= 15 is 0 Å². The monoisotopic (exact) mass is 594 g/mol. The molecule has 0 fully saturated rings. The highest BCUT2D eigenvalue weighted by atomic mass is 35.5. The fourth-order valence-corrected chi connectivity index (χ4v) is 5.41. The van der Waals surface area contributed by atoms with Crippen molar-refractivity contribution in [3.8, 4) is 34.1 Å². The number of pyridine rings is 1. The molecule has 0 saturated heterocycles. The van der Waals surface area contributed by atoms with Crippen molar-refractivity contribution < 1.29 is 27.4 Å². The zero-order valence-electron chi connectivity index (χ0n) is 23.0. The number of halogens is 1. The third-order valence-electron chi connectivity index (χ3n) is 6.83. The fraction of sp³-hybridized carbons (Fsp3) is 0.258. The van der Waals surface area contributed by atoms with E-state index in [0.717, 1.165) is 40.0 Å². The summed E-state index contributed by atoms with van der Waals surface area (Å²) in [5.41, 5.74) is 11.7. The van der Waals surface area contributed by atoms with Crippen molar-refractivity contribution in [1.29, 1.82) is 0 Å². The number of nitrogens with two attached hydrogens (primary N) is 1. The van der Waals surface area contributed by atoms with Crippen LogP contribution in [0.1, 0.15) is 35.2 Å². The molecule has 1 atom stereocenters. The minimum atomic E-state index is -3.39. The summed E-state index contributed by atoms with van der Waals surface area (Å²) in [6.07, 6.45) is 4.01. The van der Waals surface area contributed by atoms with Gasteiger partial charge in [0.25, 0.3) is 0 Å². The maximum Gasteiger partial charge on any atom is 0.177 e. The van der Waals surface area contributed by atoms with E-state index in [0.29, 0.717) is 40.9 Å². The molecule has 10 heteroatoms. The van der Waals surface area contributed by atoms with Crippen molar-refractivity contribution in [3.63, 3.8) is 0 Å². The molecular formula is C31H31ClN2O6S. The molecule has 8 nitrogen and oxygen atoms in total. The van der Waals surface area contributed by atoms with Gasteiger partial charge in [-0.3, -0.25) is 4.98 Å². The van der Waals surface area contributed by atoms with Crippen molar-refractivity contribution in [2.24, 2.45) is 5.73 Å². The minimum absolute atomic E-state index is 0.0911. The Hall–Kier alpha value is -3.79. The van der Waals surface area contributed by atoms with E-state index in [2.05, 4.69) is 18.0 Å². The summed E-state index contributed by atoms with van der Waals surface area (Å²) < 4.78 is 47.5. The predicted octanol–water partition coefficient (Wildman–Crippen LogP) is 6.06. The lowest BCUT2D eigenvalue weighted by molar-refractivity contribution is 0.171. The van der Waals surface area contributed by atoms with Gasteiger partial charge in [-0.1, -0.05) is 35.9 Å². The number of nitrogens with zero attached hydrogens (tertiary/aromatic N) is 1. The minimum Gasteiger partial charge on any atom is -0.488 e. The van der Waals surface area contributed by atoms with Crippen LogP contribution in [0, 0.1) is 6.92 Å². The molecule has 0 aliphatic carbocycles. The second-order valence-electron chi connectivity index (χ2n) is 9.94. The van der Waals surface area contributed by atoms with Crippen molar-refractivity contribution in [3.05, 3.63) is 94.3 Å². The highest BCUT2D eigenvalue weighted by Gasteiger charge is 2.17. The van der Waals surface area contributed by atoms with E-state index in [4.69, 9.17) is 36.3 Å². The van der Waals surface area contributed by atoms with E-state index < -0.39 is 9.84 Å². The van der Waals surface area contributed by atoms with Gasteiger partial charge in [-0.05, 0) is 60.4 Å². The first-order valence-corrected chi connectivity index (χ1v) is 15.3. The summed E-state index contributed by atoms with van der Waals surface area (Å²) in [4.78, 5) is 4.16. The Morgan fingerprint density at radius 3 is 2.49 bits per heavy atom. The van der Waals surface area contributed by atoms with Gasteiger partial charge in [0.2, 0.25) is 0 Å². The molecule has 0 saturated carbocycles. The Balaban J connectivity index is 1.36. The molecule has 2 N–H and O–H groups in total. The molecule has 1 aliphatic rings. The summed E-state index contributed by atoms with van der Waals surface area (Å²) >= 11 is 6.60. The maximum atomic E-state index is 11.9. The first kappa shape index (κ1) is 28.7. The van der Waals surface area contributed by atoms with Gasteiger partial charge in [-0.2, -0.15) is 0 Å². The summed E-state index contributed by atoms with van der Waals surface area (Å²) in [6, 6.07) is 16.7. The van der Waals surface area contributed by atoms with Crippen molar-refractivity contribution in [2.75, 3.05) is 19.5 Å². The van der Waals surface area contributed by atoms with Crippen LogP contribution in [0.2, 0.25) is 5.02 Å². The molecule has 214 valence electrons. The number of hydrogen-bond acceptors (Lipinski definition) is 8. The van der Waals surface area contributed by atoms with Crippen LogP contribution in [0.25, 0.3) is 11.1 Å². The Kier molecular flexibility index (Phi) is 8.40. The molecule has 41 heavy (non-hydrogen) atoms. The molecule has 0 spiro atoms. The van der Waals surface area contributed by atoms with Gasteiger partial charge >= 0.3 is 0 Å². The molecule has 5 rings (SSSR count). The van der Waals surface area contributed by atoms with Gasteiger partial charge in [0.1, 0.15) is 37.9 Å². The van der Waals surface area contributed by atoms with Crippen LogP contribution in [0.3, 0.4) is 0 Å². The highest BCUT2D eigenvalue weighted by Crippen LogP contribution is 2.38. The predicted molar refractivity (Wildman–Crippen MR) is 158 cm³/mol. The Morgan fingerprint density at radius 1 is 0.976 bits per heavy atom. The van der Waals surface area contributed by atoms with Crippen molar-refractivity contribution >= 4 is 21.4 Å². The first-order chi connectivity index (χ1) is 19.6. The van der Waals surface area contributed by atoms with Crippen LogP contribution in [0.15, 0.2) is 71.9 Å². The first-order valence-electron chi connectivity index (χ1n) is 13.1. The zero-order valence-corrected chi connectivity index (χ0v) is 24.6.